The van der Waals surface area contributed by atoms with Crippen LogP contribution in [0.1, 0.15) is 19.4 Å². The van der Waals surface area contributed by atoms with Gasteiger partial charge >= 0.3 is 6.03 Å². The van der Waals surface area contributed by atoms with Gasteiger partial charge in [-0.2, -0.15) is 5.26 Å². The summed E-state index contributed by atoms with van der Waals surface area (Å²) in [5.74, 6) is 2.16. The van der Waals surface area contributed by atoms with Gasteiger partial charge in [-0.15, -0.1) is 0 Å². The van der Waals surface area contributed by atoms with Crippen LogP contribution >= 0.6 is 11.8 Å². The van der Waals surface area contributed by atoms with E-state index in [-0.39, 0.29) is 11.4 Å². The van der Waals surface area contributed by atoms with Gasteiger partial charge in [-0.25, -0.2) is 14.8 Å². The lowest BCUT2D eigenvalue weighted by Gasteiger charge is -2.13. The number of nitrogens with zero attached hydrogens (tertiary/aromatic N) is 3. The fourth-order valence-electron chi connectivity index (χ4n) is 2.02. The minimum Gasteiger partial charge on any atom is -0.497 e. The van der Waals surface area contributed by atoms with E-state index in [2.05, 4.69) is 40.7 Å². The molecule has 0 bridgehead atoms. The molecule has 1 aromatic heterocycles. The number of benzene rings is 1. The standard InChI is InChI=1S/C17H20N6O2S/c1-10(2)9-26-17-20-14(11-4-6-12(25-3)7-5-11)13(8-18)15(21-17)22-23-16(19)24/h4-7,10H,9H2,1-3H3,(H3,19,23,24)(H,20,21,22). The van der Waals surface area contributed by atoms with Gasteiger partial charge in [0.25, 0.3) is 0 Å². The van der Waals surface area contributed by atoms with Crippen LogP contribution in [0.2, 0.25) is 0 Å². The predicted molar refractivity (Wildman–Crippen MR) is 101 cm³/mol. The van der Waals surface area contributed by atoms with Crippen LogP contribution in [0.15, 0.2) is 29.4 Å². The number of amides is 2. The molecule has 0 saturated carbocycles. The first-order chi connectivity index (χ1) is 12.4. The van der Waals surface area contributed by atoms with E-state index < -0.39 is 6.03 Å². The summed E-state index contributed by atoms with van der Waals surface area (Å²) in [7, 11) is 1.58. The summed E-state index contributed by atoms with van der Waals surface area (Å²) in [4.78, 5) is 19.9. The third kappa shape index (κ3) is 5.00. The van der Waals surface area contributed by atoms with Crippen LogP contribution in [0.25, 0.3) is 11.3 Å². The Morgan fingerprint density at radius 1 is 1.35 bits per heavy atom. The van der Waals surface area contributed by atoms with Crippen molar-refractivity contribution in [3.8, 4) is 23.1 Å². The molecule has 0 aliphatic rings. The number of aromatic nitrogens is 2. The zero-order valence-electron chi connectivity index (χ0n) is 14.7. The van der Waals surface area contributed by atoms with Crippen molar-refractivity contribution in [3.63, 3.8) is 0 Å². The largest absolute Gasteiger partial charge is 0.497 e. The number of hydrogen-bond acceptors (Lipinski definition) is 7. The number of hydrazine groups is 1. The third-order valence-corrected chi connectivity index (χ3v) is 4.49. The van der Waals surface area contributed by atoms with Gasteiger partial charge in [-0.3, -0.25) is 10.9 Å². The molecule has 0 spiro atoms. The number of ether oxygens (including phenoxy) is 1. The molecule has 2 aromatic rings. The van der Waals surface area contributed by atoms with Gasteiger partial charge < -0.3 is 10.5 Å². The van der Waals surface area contributed by atoms with Crippen molar-refractivity contribution in [3.05, 3.63) is 29.8 Å². The SMILES string of the molecule is COc1ccc(-c2nc(SCC(C)C)nc(NNC(N)=O)c2C#N)cc1. The third-order valence-electron chi connectivity index (χ3n) is 3.21. The zero-order valence-corrected chi connectivity index (χ0v) is 15.6. The van der Waals surface area contributed by atoms with Crippen LogP contribution in [0.5, 0.6) is 5.75 Å². The van der Waals surface area contributed by atoms with Crippen molar-refractivity contribution >= 4 is 23.6 Å². The van der Waals surface area contributed by atoms with Gasteiger partial charge in [0.05, 0.1) is 12.8 Å². The summed E-state index contributed by atoms with van der Waals surface area (Å²) >= 11 is 1.47. The number of methoxy groups -OCH3 is 1. The number of nitrogens with two attached hydrogens (primary N) is 1. The number of hydrogen-bond donors (Lipinski definition) is 3. The second kappa shape index (κ2) is 8.92. The van der Waals surface area contributed by atoms with Crippen molar-refractivity contribution < 1.29 is 9.53 Å². The average Bonchev–Trinajstić information content (AvgIpc) is 2.64. The maximum atomic E-state index is 11.0. The molecule has 0 aliphatic carbocycles. The number of primary amides is 1. The number of rotatable bonds is 7. The van der Waals surface area contributed by atoms with Gasteiger partial charge in [-0.05, 0) is 30.2 Å². The lowest BCUT2D eigenvalue weighted by Crippen LogP contribution is -2.35. The molecule has 0 unspecified atom stereocenters. The van der Waals surface area contributed by atoms with E-state index >= 15 is 0 Å². The quantitative estimate of drug-likeness (QED) is 0.387. The Morgan fingerprint density at radius 3 is 2.58 bits per heavy atom. The topological polar surface area (TPSA) is 126 Å². The van der Waals surface area contributed by atoms with E-state index in [1.807, 2.05) is 12.1 Å². The van der Waals surface area contributed by atoms with Crippen molar-refractivity contribution in [2.75, 3.05) is 18.3 Å². The summed E-state index contributed by atoms with van der Waals surface area (Å²) in [6.07, 6.45) is 0. The molecule has 0 saturated heterocycles. The Kier molecular flexibility index (Phi) is 6.63. The zero-order chi connectivity index (χ0) is 19.1. The number of nitriles is 1. The molecule has 0 fully saturated rings. The molecule has 1 heterocycles. The lowest BCUT2D eigenvalue weighted by atomic mass is 10.1. The van der Waals surface area contributed by atoms with E-state index in [1.54, 1.807) is 19.2 Å². The maximum Gasteiger partial charge on any atom is 0.330 e. The highest BCUT2D eigenvalue weighted by atomic mass is 32.2. The first-order valence-corrected chi connectivity index (χ1v) is 8.84. The number of carbonyl (C=O) groups is 1. The maximum absolute atomic E-state index is 11.0. The molecule has 2 amide bonds. The molecule has 2 rings (SSSR count). The van der Waals surface area contributed by atoms with Crippen LogP contribution in [0.3, 0.4) is 0 Å². The van der Waals surface area contributed by atoms with Gasteiger partial charge in [0.2, 0.25) is 0 Å². The molecule has 4 N–H and O–H groups in total. The van der Waals surface area contributed by atoms with Crippen molar-refractivity contribution in [2.45, 2.75) is 19.0 Å². The number of anilines is 1. The minimum atomic E-state index is -0.783. The van der Waals surface area contributed by atoms with Crippen LogP contribution in [0, 0.1) is 17.2 Å². The second-order valence-electron chi connectivity index (χ2n) is 5.74. The van der Waals surface area contributed by atoms with Crippen molar-refractivity contribution in [1.29, 1.82) is 5.26 Å². The highest BCUT2D eigenvalue weighted by Crippen LogP contribution is 2.30. The Morgan fingerprint density at radius 2 is 2.04 bits per heavy atom. The molecular formula is C17H20N6O2S. The number of thioether (sulfide) groups is 1. The van der Waals surface area contributed by atoms with Gasteiger partial charge in [-0.1, -0.05) is 25.6 Å². The summed E-state index contributed by atoms with van der Waals surface area (Å²) in [6.45, 7) is 4.18. The van der Waals surface area contributed by atoms with Crippen LogP contribution in [-0.4, -0.2) is 28.9 Å². The Hall–Kier alpha value is -2.99. The molecule has 0 atom stereocenters. The van der Waals surface area contributed by atoms with Gasteiger partial charge in [0.1, 0.15) is 17.4 Å². The Balaban J connectivity index is 2.50. The summed E-state index contributed by atoms with van der Waals surface area (Å²) < 4.78 is 5.16. The molecular weight excluding hydrogens is 352 g/mol. The minimum absolute atomic E-state index is 0.193. The van der Waals surface area contributed by atoms with Crippen LogP contribution < -0.4 is 21.3 Å². The fraction of sp³-hybridized carbons (Fsp3) is 0.294. The van der Waals surface area contributed by atoms with Gasteiger partial charge in [0.15, 0.2) is 11.0 Å². The molecule has 8 nitrogen and oxygen atoms in total. The Labute approximate surface area is 156 Å². The average molecular weight is 372 g/mol. The highest BCUT2D eigenvalue weighted by molar-refractivity contribution is 7.99. The van der Waals surface area contributed by atoms with E-state index in [9.17, 15) is 10.1 Å². The molecule has 9 heteroatoms. The molecule has 26 heavy (non-hydrogen) atoms. The van der Waals surface area contributed by atoms with E-state index in [0.717, 1.165) is 11.3 Å². The molecule has 0 radical (unpaired) electrons. The van der Waals surface area contributed by atoms with E-state index in [4.69, 9.17) is 10.5 Å². The summed E-state index contributed by atoms with van der Waals surface area (Å²) in [5, 5.41) is 10.1. The summed E-state index contributed by atoms with van der Waals surface area (Å²) in [6, 6.07) is 8.50. The lowest BCUT2D eigenvalue weighted by molar-refractivity contribution is 0.250. The number of urea groups is 1. The predicted octanol–water partition coefficient (Wildman–Crippen LogP) is 2.77. The smallest absolute Gasteiger partial charge is 0.330 e. The van der Waals surface area contributed by atoms with Crippen molar-refractivity contribution in [1.82, 2.24) is 15.4 Å². The second-order valence-corrected chi connectivity index (χ2v) is 6.72. The summed E-state index contributed by atoms with van der Waals surface area (Å²) in [5.41, 5.74) is 11.3. The van der Waals surface area contributed by atoms with Crippen molar-refractivity contribution in [2.24, 2.45) is 11.7 Å². The molecule has 136 valence electrons. The normalized spacial score (nSPS) is 10.3. The highest BCUT2D eigenvalue weighted by Gasteiger charge is 2.17. The first-order valence-electron chi connectivity index (χ1n) is 7.85. The van der Waals surface area contributed by atoms with Crippen LogP contribution in [0.4, 0.5) is 10.6 Å². The fourth-order valence-corrected chi connectivity index (χ4v) is 2.82. The van der Waals surface area contributed by atoms with Gasteiger partial charge in [0, 0.05) is 11.3 Å². The Bertz CT molecular complexity index is 817. The monoisotopic (exact) mass is 372 g/mol. The van der Waals surface area contributed by atoms with E-state index in [0.29, 0.717) is 22.5 Å². The number of nitrogens with one attached hydrogen (secondary N) is 2. The van der Waals surface area contributed by atoms with Crippen LogP contribution in [-0.2, 0) is 0 Å². The molecule has 0 aliphatic heterocycles. The van der Waals surface area contributed by atoms with E-state index in [1.165, 1.54) is 11.8 Å². The molecule has 1 aromatic carbocycles. The number of carbonyl (C=O) groups excluding carboxylic acids is 1. The first kappa shape index (κ1) is 19.3.